The van der Waals surface area contributed by atoms with Crippen molar-refractivity contribution in [2.45, 2.75) is 13.8 Å². The van der Waals surface area contributed by atoms with Crippen LogP contribution in [-0.2, 0) is 0 Å². The van der Waals surface area contributed by atoms with Crippen LogP contribution >= 0.6 is 0 Å². The molecule has 1 N–H and O–H groups in total. The van der Waals surface area contributed by atoms with Gasteiger partial charge in [-0.1, -0.05) is 0 Å². The second-order valence-electron chi connectivity index (χ2n) is 2.92. The summed E-state index contributed by atoms with van der Waals surface area (Å²) in [5.74, 6) is 0.211. The Balaban J connectivity index is 2.90. The molecule has 0 radical (unpaired) electrons. The zero-order valence-corrected chi connectivity index (χ0v) is 8.09. The predicted molar refractivity (Wildman–Crippen MR) is 49.8 cm³/mol. The molecule has 0 atom stereocenters. The van der Waals surface area contributed by atoms with E-state index < -0.39 is 0 Å². The van der Waals surface area contributed by atoms with Crippen LogP contribution in [0.2, 0.25) is 0 Å². The maximum absolute atomic E-state index is 11.3. The van der Waals surface area contributed by atoms with E-state index in [0.29, 0.717) is 0 Å². The number of ketones is 1. The molecule has 0 amide bonds. The molecule has 0 aliphatic carbocycles. The van der Waals surface area contributed by atoms with Crippen LogP contribution in [0.15, 0.2) is 6.20 Å². The Kier molecular flexibility index (Phi) is 3.08. The molecular formula is C9H13N3O. The number of carbonyl (C=O) groups excluding carboxylic acids is 1. The molecule has 0 aliphatic rings. The molecule has 13 heavy (non-hydrogen) atoms. The highest BCUT2D eigenvalue weighted by atomic mass is 16.1. The molecule has 0 fully saturated rings. The third kappa shape index (κ3) is 2.32. The molecule has 70 valence electrons. The van der Waals surface area contributed by atoms with Gasteiger partial charge >= 0.3 is 0 Å². The fourth-order valence-corrected chi connectivity index (χ4v) is 0.901. The predicted octanol–water partition coefficient (Wildman–Crippen LogP) is 0.496. The van der Waals surface area contributed by atoms with Crippen LogP contribution in [0.5, 0.6) is 0 Å². The highest BCUT2D eigenvalue weighted by Crippen LogP contribution is 2.01. The van der Waals surface area contributed by atoms with Gasteiger partial charge in [0.15, 0.2) is 5.82 Å². The Bertz CT molecular complexity index is 323. The molecule has 1 rings (SSSR count). The number of nitrogens with zero attached hydrogens (tertiary/aromatic N) is 2. The van der Waals surface area contributed by atoms with E-state index >= 15 is 0 Å². The van der Waals surface area contributed by atoms with E-state index in [1.54, 1.807) is 13.2 Å². The minimum atomic E-state index is -0.0781. The average molecular weight is 179 g/mol. The van der Waals surface area contributed by atoms with Gasteiger partial charge in [-0.3, -0.25) is 4.79 Å². The SMILES string of the molecule is CNCC(=O)c1ncc(C)c(C)n1. The van der Waals surface area contributed by atoms with Crippen LogP contribution in [0.3, 0.4) is 0 Å². The van der Waals surface area contributed by atoms with E-state index in [4.69, 9.17) is 0 Å². The van der Waals surface area contributed by atoms with Gasteiger partial charge < -0.3 is 5.32 Å². The molecule has 1 heterocycles. The van der Waals surface area contributed by atoms with Crippen molar-refractivity contribution in [3.05, 3.63) is 23.3 Å². The highest BCUT2D eigenvalue weighted by Gasteiger charge is 2.08. The van der Waals surface area contributed by atoms with Crippen molar-refractivity contribution < 1.29 is 4.79 Å². The maximum atomic E-state index is 11.3. The first-order valence-corrected chi connectivity index (χ1v) is 4.13. The van der Waals surface area contributed by atoms with Gasteiger partial charge in [-0.05, 0) is 26.5 Å². The van der Waals surface area contributed by atoms with Gasteiger partial charge in [-0.15, -0.1) is 0 Å². The normalized spacial score (nSPS) is 10.1. The minimum Gasteiger partial charge on any atom is -0.313 e. The number of aryl methyl sites for hydroxylation is 2. The average Bonchev–Trinajstić information content (AvgIpc) is 2.10. The topological polar surface area (TPSA) is 54.9 Å². The lowest BCUT2D eigenvalue weighted by atomic mass is 10.2. The van der Waals surface area contributed by atoms with Crippen LogP contribution in [0.25, 0.3) is 0 Å². The number of nitrogens with one attached hydrogen (secondary N) is 1. The third-order valence-corrected chi connectivity index (χ3v) is 1.81. The summed E-state index contributed by atoms with van der Waals surface area (Å²) >= 11 is 0. The molecule has 0 aliphatic heterocycles. The number of likely N-dealkylation sites (N-methyl/N-ethyl adjacent to an activating group) is 1. The largest absolute Gasteiger partial charge is 0.313 e. The summed E-state index contributed by atoms with van der Waals surface area (Å²) in [7, 11) is 1.72. The Hall–Kier alpha value is -1.29. The van der Waals surface area contributed by atoms with E-state index in [2.05, 4.69) is 15.3 Å². The van der Waals surface area contributed by atoms with Crippen molar-refractivity contribution >= 4 is 5.78 Å². The molecular weight excluding hydrogens is 166 g/mol. The van der Waals surface area contributed by atoms with E-state index in [1.807, 2.05) is 13.8 Å². The lowest BCUT2D eigenvalue weighted by Gasteiger charge is -2.01. The van der Waals surface area contributed by atoms with Gasteiger partial charge in [0, 0.05) is 11.9 Å². The van der Waals surface area contributed by atoms with Crippen LogP contribution < -0.4 is 5.32 Å². The second kappa shape index (κ2) is 4.09. The fourth-order valence-electron chi connectivity index (χ4n) is 0.901. The molecule has 0 unspecified atom stereocenters. The van der Waals surface area contributed by atoms with Crippen molar-refractivity contribution in [1.29, 1.82) is 0 Å². The zero-order valence-electron chi connectivity index (χ0n) is 8.09. The molecule has 0 aromatic carbocycles. The number of carbonyl (C=O) groups is 1. The van der Waals surface area contributed by atoms with Gasteiger partial charge in [0.25, 0.3) is 0 Å². The van der Waals surface area contributed by atoms with Gasteiger partial charge in [-0.2, -0.15) is 0 Å². The lowest BCUT2D eigenvalue weighted by Crippen LogP contribution is -2.21. The van der Waals surface area contributed by atoms with Crippen LogP contribution in [0.4, 0.5) is 0 Å². The van der Waals surface area contributed by atoms with Crippen LogP contribution in [0.1, 0.15) is 21.9 Å². The minimum absolute atomic E-state index is 0.0781. The molecule has 1 aromatic heterocycles. The summed E-state index contributed by atoms with van der Waals surface area (Å²) < 4.78 is 0. The van der Waals surface area contributed by atoms with E-state index in [1.165, 1.54) is 0 Å². The molecule has 4 heteroatoms. The van der Waals surface area contributed by atoms with E-state index in [0.717, 1.165) is 11.3 Å². The first-order valence-electron chi connectivity index (χ1n) is 4.13. The molecule has 0 spiro atoms. The number of hydrogen-bond acceptors (Lipinski definition) is 4. The monoisotopic (exact) mass is 179 g/mol. The number of rotatable bonds is 3. The van der Waals surface area contributed by atoms with Gasteiger partial charge in [0.1, 0.15) is 0 Å². The van der Waals surface area contributed by atoms with Gasteiger partial charge in [0.2, 0.25) is 5.78 Å². The smallest absolute Gasteiger partial charge is 0.213 e. The third-order valence-electron chi connectivity index (χ3n) is 1.81. The van der Waals surface area contributed by atoms with Gasteiger partial charge in [-0.25, -0.2) is 9.97 Å². The zero-order chi connectivity index (χ0) is 9.84. The summed E-state index contributed by atoms with van der Waals surface area (Å²) in [6.07, 6.45) is 1.67. The summed E-state index contributed by atoms with van der Waals surface area (Å²) in [5, 5.41) is 2.77. The summed E-state index contributed by atoms with van der Waals surface area (Å²) in [6.45, 7) is 4.07. The van der Waals surface area contributed by atoms with Gasteiger partial charge in [0.05, 0.1) is 6.54 Å². The molecule has 0 saturated carbocycles. The standard InChI is InChI=1S/C9H13N3O/c1-6-4-11-9(12-7(6)2)8(13)5-10-3/h4,10H,5H2,1-3H3. The van der Waals surface area contributed by atoms with Crippen LogP contribution in [-0.4, -0.2) is 29.3 Å². The Labute approximate surface area is 77.4 Å². The Morgan fingerprint density at radius 2 is 2.23 bits per heavy atom. The number of Topliss-reactive ketones (excluding diaryl/α,β-unsaturated/α-hetero) is 1. The van der Waals surface area contributed by atoms with Crippen molar-refractivity contribution in [1.82, 2.24) is 15.3 Å². The fraction of sp³-hybridized carbons (Fsp3) is 0.444. The summed E-state index contributed by atoms with van der Waals surface area (Å²) in [5.41, 5.74) is 1.86. The van der Waals surface area contributed by atoms with E-state index in [9.17, 15) is 4.79 Å². The quantitative estimate of drug-likeness (QED) is 0.686. The number of hydrogen-bond donors (Lipinski definition) is 1. The van der Waals surface area contributed by atoms with Crippen molar-refractivity contribution in [2.75, 3.05) is 13.6 Å². The van der Waals surface area contributed by atoms with Crippen molar-refractivity contribution in [3.63, 3.8) is 0 Å². The summed E-state index contributed by atoms with van der Waals surface area (Å²) in [4.78, 5) is 19.4. The number of aromatic nitrogens is 2. The lowest BCUT2D eigenvalue weighted by molar-refractivity contribution is 0.0983. The highest BCUT2D eigenvalue weighted by molar-refractivity contribution is 5.94. The maximum Gasteiger partial charge on any atom is 0.213 e. The van der Waals surface area contributed by atoms with Crippen molar-refractivity contribution in [2.24, 2.45) is 0 Å². The Morgan fingerprint density at radius 3 is 2.77 bits per heavy atom. The summed E-state index contributed by atoms with van der Waals surface area (Å²) in [6, 6.07) is 0. The molecule has 0 saturated heterocycles. The molecule has 1 aromatic rings. The molecule has 4 nitrogen and oxygen atoms in total. The first-order chi connectivity index (χ1) is 6.15. The second-order valence-corrected chi connectivity index (χ2v) is 2.92. The first kappa shape index (κ1) is 9.80. The van der Waals surface area contributed by atoms with E-state index in [-0.39, 0.29) is 18.2 Å². The van der Waals surface area contributed by atoms with Crippen molar-refractivity contribution in [3.8, 4) is 0 Å². The molecule has 0 bridgehead atoms. The van der Waals surface area contributed by atoms with Crippen LogP contribution in [0, 0.1) is 13.8 Å². The Morgan fingerprint density at radius 1 is 1.54 bits per heavy atom.